The molecule has 5 aromatic rings. The molecule has 33 heavy (non-hydrogen) atoms. The van der Waals surface area contributed by atoms with Gasteiger partial charge in [0.2, 0.25) is 0 Å². The van der Waals surface area contributed by atoms with Crippen LogP contribution in [0, 0.1) is 6.92 Å². The van der Waals surface area contributed by atoms with E-state index in [0.717, 1.165) is 50.8 Å². The molecule has 1 saturated heterocycles. The Balaban J connectivity index is 1.27. The van der Waals surface area contributed by atoms with Gasteiger partial charge in [0, 0.05) is 31.6 Å². The molecule has 3 aromatic heterocycles. The molecule has 1 amide bonds. The number of para-hydroxylation sites is 2. The first kappa shape index (κ1) is 20.3. The lowest BCUT2D eigenvalue weighted by molar-refractivity contribution is 0.0748. The minimum Gasteiger partial charge on any atom is -0.345 e. The predicted octanol–water partition coefficient (Wildman–Crippen LogP) is 5.84. The molecule has 4 heterocycles. The maximum absolute atomic E-state index is 13.6. The standard InChI is InChI=1S/C26H22N4OS2/c1-17-6-4-9-23-24(17)28-26(33-23)30-13-11-29(12-14-30)25(31)19-16-21(22-10-5-15-32-22)27-20-8-3-2-7-18(19)20/h2-10,15-16H,11-14H2,1H3. The van der Waals surface area contributed by atoms with Crippen LogP contribution >= 0.6 is 22.7 Å². The number of nitrogens with zero attached hydrogens (tertiary/aromatic N) is 4. The molecule has 0 bridgehead atoms. The summed E-state index contributed by atoms with van der Waals surface area (Å²) in [5, 5.41) is 3.99. The van der Waals surface area contributed by atoms with E-state index in [1.807, 2.05) is 46.7 Å². The van der Waals surface area contributed by atoms with Crippen molar-refractivity contribution in [2.75, 3.05) is 31.1 Å². The van der Waals surface area contributed by atoms with Crippen LogP contribution in [0.5, 0.6) is 0 Å². The second-order valence-corrected chi connectivity index (χ2v) is 10.2. The molecule has 7 heteroatoms. The highest BCUT2D eigenvalue weighted by Crippen LogP contribution is 2.32. The molecule has 0 spiro atoms. The van der Waals surface area contributed by atoms with Gasteiger partial charge < -0.3 is 9.80 Å². The van der Waals surface area contributed by atoms with Gasteiger partial charge in [-0.3, -0.25) is 4.79 Å². The third kappa shape index (κ3) is 3.67. The maximum Gasteiger partial charge on any atom is 0.254 e. The predicted molar refractivity (Wildman–Crippen MR) is 138 cm³/mol. The molecule has 0 unspecified atom stereocenters. The monoisotopic (exact) mass is 470 g/mol. The fourth-order valence-electron chi connectivity index (χ4n) is 4.38. The van der Waals surface area contributed by atoms with Crippen molar-refractivity contribution < 1.29 is 4.79 Å². The Kier molecular flexibility index (Phi) is 5.08. The largest absolute Gasteiger partial charge is 0.345 e. The molecule has 2 aromatic carbocycles. The lowest BCUT2D eigenvalue weighted by atomic mass is 10.1. The Bertz CT molecular complexity index is 1470. The first-order chi connectivity index (χ1) is 16.2. The molecule has 1 fully saturated rings. The third-order valence-electron chi connectivity index (χ3n) is 6.17. The zero-order valence-electron chi connectivity index (χ0n) is 18.2. The molecule has 0 radical (unpaired) electrons. The molecule has 5 nitrogen and oxygen atoms in total. The molecule has 1 aliphatic rings. The zero-order valence-corrected chi connectivity index (χ0v) is 19.8. The number of piperazine rings is 1. The molecule has 6 rings (SSSR count). The Hall–Kier alpha value is -3.29. The average molecular weight is 471 g/mol. The Morgan fingerprint density at radius 2 is 1.79 bits per heavy atom. The van der Waals surface area contributed by atoms with Gasteiger partial charge in [0.1, 0.15) is 0 Å². The molecular formula is C26H22N4OS2. The SMILES string of the molecule is Cc1cccc2sc(N3CCN(C(=O)c4cc(-c5cccs5)nc5ccccc45)CC3)nc12. The van der Waals surface area contributed by atoms with Crippen LogP contribution in [0.1, 0.15) is 15.9 Å². The minimum atomic E-state index is 0.0752. The van der Waals surface area contributed by atoms with E-state index in [1.165, 1.54) is 10.3 Å². The van der Waals surface area contributed by atoms with Crippen molar-refractivity contribution in [1.29, 1.82) is 0 Å². The van der Waals surface area contributed by atoms with E-state index >= 15 is 0 Å². The maximum atomic E-state index is 13.6. The third-order valence-corrected chi connectivity index (χ3v) is 8.14. The van der Waals surface area contributed by atoms with Crippen LogP contribution in [0.2, 0.25) is 0 Å². The number of carbonyl (C=O) groups is 1. The normalized spacial score (nSPS) is 14.3. The van der Waals surface area contributed by atoms with Gasteiger partial charge in [0.25, 0.3) is 5.91 Å². The number of carbonyl (C=O) groups excluding carboxylic acids is 1. The van der Waals surface area contributed by atoms with Crippen LogP contribution in [0.15, 0.2) is 66.0 Å². The number of fused-ring (bicyclic) bond motifs is 2. The van der Waals surface area contributed by atoms with Crippen LogP contribution in [0.4, 0.5) is 5.13 Å². The van der Waals surface area contributed by atoms with Crippen LogP contribution in [-0.4, -0.2) is 47.0 Å². The van der Waals surface area contributed by atoms with Crippen LogP contribution in [0.25, 0.3) is 31.7 Å². The van der Waals surface area contributed by atoms with Crippen molar-refractivity contribution in [3.8, 4) is 10.6 Å². The van der Waals surface area contributed by atoms with Crippen molar-refractivity contribution in [2.45, 2.75) is 6.92 Å². The summed E-state index contributed by atoms with van der Waals surface area (Å²) in [5.74, 6) is 0.0752. The molecule has 0 N–H and O–H groups in total. The first-order valence-corrected chi connectivity index (χ1v) is 12.7. The quantitative estimate of drug-likeness (QED) is 0.332. The van der Waals surface area contributed by atoms with Gasteiger partial charge in [-0.05, 0) is 42.1 Å². The van der Waals surface area contributed by atoms with Gasteiger partial charge in [0.05, 0.1) is 31.9 Å². The van der Waals surface area contributed by atoms with Crippen LogP contribution < -0.4 is 4.90 Å². The number of amides is 1. The Morgan fingerprint density at radius 1 is 0.939 bits per heavy atom. The summed E-state index contributed by atoms with van der Waals surface area (Å²) in [7, 11) is 0. The number of thiophene rings is 1. The first-order valence-electron chi connectivity index (χ1n) is 11.0. The van der Waals surface area contributed by atoms with E-state index in [-0.39, 0.29) is 5.91 Å². The number of aryl methyl sites for hydroxylation is 1. The van der Waals surface area contributed by atoms with E-state index in [1.54, 1.807) is 22.7 Å². The molecule has 0 aliphatic carbocycles. The summed E-state index contributed by atoms with van der Waals surface area (Å²) >= 11 is 3.37. The topological polar surface area (TPSA) is 49.3 Å². The van der Waals surface area contributed by atoms with Crippen molar-refractivity contribution in [3.63, 3.8) is 0 Å². The van der Waals surface area contributed by atoms with Gasteiger partial charge in [-0.2, -0.15) is 0 Å². The van der Waals surface area contributed by atoms with Gasteiger partial charge in [-0.25, -0.2) is 9.97 Å². The summed E-state index contributed by atoms with van der Waals surface area (Å²) in [6.45, 7) is 5.03. The fourth-order valence-corrected chi connectivity index (χ4v) is 6.17. The van der Waals surface area contributed by atoms with Crippen molar-refractivity contribution in [2.24, 2.45) is 0 Å². The average Bonchev–Trinajstić information content (AvgIpc) is 3.54. The summed E-state index contributed by atoms with van der Waals surface area (Å²) < 4.78 is 1.22. The molecular weight excluding hydrogens is 448 g/mol. The van der Waals surface area contributed by atoms with Crippen molar-refractivity contribution in [3.05, 3.63) is 77.2 Å². The number of anilines is 1. The summed E-state index contributed by atoms with van der Waals surface area (Å²) in [6, 6.07) is 20.3. The Labute approximate surface area is 199 Å². The second kappa shape index (κ2) is 8.24. The minimum absolute atomic E-state index is 0.0752. The summed E-state index contributed by atoms with van der Waals surface area (Å²) in [6.07, 6.45) is 0. The van der Waals surface area contributed by atoms with E-state index in [0.29, 0.717) is 13.1 Å². The highest BCUT2D eigenvalue weighted by Gasteiger charge is 2.26. The fraction of sp³-hybridized carbons (Fsp3) is 0.192. The van der Waals surface area contributed by atoms with Crippen molar-refractivity contribution in [1.82, 2.24) is 14.9 Å². The number of rotatable bonds is 3. The van der Waals surface area contributed by atoms with Crippen LogP contribution in [0.3, 0.4) is 0 Å². The zero-order chi connectivity index (χ0) is 22.4. The van der Waals surface area contributed by atoms with Gasteiger partial charge >= 0.3 is 0 Å². The van der Waals surface area contributed by atoms with E-state index in [9.17, 15) is 4.79 Å². The van der Waals surface area contributed by atoms with E-state index in [4.69, 9.17) is 9.97 Å². The second-order valence-electron chi connectivity index (χ2n) is 8.25. The number of pyridine rings is 1. The highest BCUT2D eigenvalue weighted by atomic mass is 32.1. The van der Waals surface area contributed by atoms with Crippen molar-refractivity contribution >= 4 is 54.8 Å². The lowest BCUT2D eigenvalue weighted by Gasteiger charge is -2.34. The van der Waals surface area contributed by atoms with E-state index < -0.39 is 0 Å². The number of benzene rings is 2. The summed E-state index contributed by atoms with van der Waals surface area (Å²) in [5.41, 5.74) is 4.73. The number of hydrogen-bond acceptors (Lipinski definition) is 6. The number of hydrogen-bond donors (Lipinski definition) is 0. The molecule has 0 atom stereocenters. The Morgan fingerprint density at radius 3 is 2.58 bits per heavy atom. The van der Waals surface area contributed by atoms with Gasteiger partial charge in [0.15, 0.2) is 5.13 Å². The number of thiazole rings is 1. The smallest absolute Gasteiger partial charge is 0.254 e. The van der Waals surface area contributed by atoms with Gasteiger partial charge in [-0.15, -0.1) is 11.3 Å². The molecule has 0 saturated carbocycles. The van der Waals surface area contributed by atoms with Crippen LogP contribution in [-0.2, 0) is 0 Å². The summed E-state index contributed by atoms with van der Waals surface area (Å²) in [4.78, 5) is 28.7. The number of aromatic nitrogens is 2. The lowest BCUT2D eigenvalue weighted by Crippen LogP contribution is -2.48. The molecule has 164 valence electrons. The van der Waals surface area contributed by atoms with Gasteiger partial charge in [-0.1, -0.05) is 47.7 Å². The molecule has 1 aliphatic heterocycles. The highest BCUT2D eigenvalue weighted by molar-refractivity contribution is 7.22. The van der Waals surface area contributed by atoms with E-state index in [2.05, 4.69) is 36.1 Å².